The lowest BCUT2D eigenvalue weighted by atomic mass is 9.99. The number of alkyl halides is 1. The van der Waals surface area contributed by atoms with E-state index < -0.39 is 30.7 Å². The highest BCUT2D eigenvalue weighted by molar-refractivity contribution is 5.81. The summed E-state index contributed by atoms with van der Waals surface area (Å²) in [5, 5.41) is 19.2. The Bertz CT molecular complexity index is 693. The maximum atomic E-state index is 14.3. The Labute approximate surface area is 119 Å². The Kier molecular flexibility index (Phi) is 3.08. The highest BCUT2D eigenvalue weighted by Gasteiger charge is 2.53. The average molecular weight is 297 g/mol. The number of hydrogen-bond donors (Lipinski definition) is 3. The van der Waals surface area contributed by atoms with Crippen molar-refractivity contribution in [3.63, 3.8) is 0 Å². The highest BCUT2D eigenvalue weighted by atomic mass is 19.1. The third kappa shape index (κ3) is 1.96. The number of hydrogen-bond acceptors (Lipinski definition) is 7. The van der Waals surface area contributed by atoms with E-state index >= 15 is 0 Å². The summed E-state index contributed by atoms with van der Waals surface area (Å²) in [4.78, 5) is 12.2. The quantitative estimate of drug-likeness (QED) is 0.696. The summed E-state index contributed by atoms with van der Waals surface area (Å²) >= 11 is 0. The lowest BCUT2D eigenvalue weighted by molar-refractivity contribution is -0.115. The molecule has 0 radical (unpaired) electrons. The fourth-order valence-electron chi connectivity index (χ4n) is 2.48. The Morgan fingerprint density at radius 3 is 2.86 bits per heavy atom. The van der Waals surface area contributed by atoms with Gasteiger partial charge in [0.25, 0.3) is 0 Å². The van der Waals surface area contributed by atoms with E-state index in [-0.39, 0.29) is 5.82 Å². The normalized spacial score (nSPS) is 32.9. The van der Waals surface area contributed by atoms with Crippen LogP contribution in [0.3, 0.4) is 0 Å². The van der Waals surface area contributed by atoms with Crippen molar-refractivity contribution >= 4 is 17.0 Å². The monoisotopic (exact) mass is 297 g/mol. The van der Waals surface area contributed by atoms with Crippen LogP contribution in [0.15, 0.2) is 6.33 Å². The number of aromatic nitrogens is 4. The molecule has 0 amide bonds. The highest BCUT2D eigenvalue weighted by Crippen LogP contribution is 2.39. The van der Waals surface area contributed by atoms with Crippen LogP contribution in [0.25, 0.3) is 11.2 Å². The van der Waals surface area contributed by atoms with Crippen LogP contribution in [0.4, 0.5) is 10.2 Å². The van der Waals surface area contributed by atoms with Crippen molar-refractivity contribution in [2.24, 2.45) is 0 Å². The number of nitrogens with two attached hydrogens (primary N) is 1. The van der Waals surface area contributed by atoms with Gasteiger partial charge in [-0.25, -0.2) is 19.3 Å². The molecule has 0 bridgehead atoms. The summed E-state index contributed by atoms with van der Waals surface area (Å²) in [5.74, 6) is 0.607. The van der Waals surface area contributed by atoms with Crippen LogP contribution in [-0.2, 0) is 4.74 Å². The SMILES string of the molecule is Cc1nc(N)c2ncn([C@@H]3O[C@](C)(CO)[C@@H](O)[C@H]3F)c2n1. The Hall–Kier alpha value is -1.84. The number of nitrogens with zero attached hydrogens (tertiary/aromatic N) is 4. The average Bonchev–Trinajstić information content (AvgIpc) is 2.95. The molecule has 0 aliphatic carbocycles. The van der Waals surface area contributed by atoms with E-state index in [2.05, 4.69) is 15.0 Å². The maximum absolute atomic E-state index is 14.3. The number of aryl methyl sites for hydroxylation is 1. The molecule has 1 fully saturated rings. The number of rotatable bonds is 2. The van der Waals surface area contributed by atoms with Crippen molar-refractivity contribution in [3.05, 3.63) is 12.2 Å². The van der Waals surface area contributed by atoms with Crippen LogP contribution < -0.4 is 5.73 Å². The van der Waals surface area contributed by atoms with Gasteiger partial charge >= 0.3 is 0 Å². The van der Waals surface area contributed by atoms with Crippen LogP contribution in [-0.4, -0.2) is 54.2 Å². The van der Waals surface area contributed by atoms with E-state index in [1.165, 1.54) is 17.8 Å². The minimum absolute atomic E-state index is 0.190. The number of nitrogen functional groups attached to an aromatic ring is 1. The van der Waals surface area contributed by atoms with E-state index in [9.17, 15) is 14.6 Å². The zero-order chi connectivity index (χ0) is 15.4. The van der Waals surface area contributed by atoms with E-state index in [1.54, 1.807) is 6.92 Å². The maximum Gasteiger partial charge on any atom is 0.174 e. The standard InChI is InChI=1S/C12H16FN5O3/c1-5-16-9(14)7-10(17-5)18(4-15-7)11-6(13)8(20)12(2,3-19)21-11/h4,6,8,11,19-20H,3H2,1-2H3,(H2,14,16,17)/t6-,8+,11-,12-/m1/s1. The topological polar surface area (TPSA) is 119 Å². The molecule has 8 nitrogen and oxygen atoms in total. The van der Waals surface area contributed by atoms with Crippen molar-refractivity contribution in [2.75, 3.05) is 12.3 Å². The van der Waals surface area contributed by atoms with Gasteiger partial charge in [-0.2, -0.15) is 0 Å². The van der Waals surface area contributed by atoms with Crippen molar-refractivity contribution in [3.8, 4) is 0 Å². The zero-order valence-electron chi connectivity index (χ0n) is 11.6. The number of halogens is 1. The molecule has 114 valence electrons. The molecule has 9 heteroatoms. The van der Waals surface area contributed by atoms with E-state index in [1.807, 2.05) is 0 Å². The molecule has 3 heterocycles. The molecular formula is C12H16FN5O3. The zero-order valence-corrected chi connectivity index (χ0v) is 11.6. The van der Waals surface area contributed by atoms with Gasteiger partial charge in [0.2, 0.25) is 0 Å². The predicted molar refractivity (Wildman–Crippen MR) is 71.0 cm³/mol. The van der Waals surface area contributed by atoms with Crippen molar-refractivity contribution in [1.82, 2.24) is 19.5 Å². The first-order chi connectivity index (χ1) is 9.87. The van der Waals surface area contributed by atoms with Gasteiger partial charge in [-0.1, -0.05) is 0 Å². The third-order valence-electron chi connectivity index (χ3n) is 3.74. The molecule has 2 aromatic rings. The fourth-order valence-corrected chi connectivity index (χ4v) is 2.48. The molecule has 1 aliphatic rings. The van der Waals surface area contributed by atoms with Crippen molar-refractivity contribution in [1.29, 1.82) is 0 Å². The third-order valence-corrected chi connectivity index (χ3v) is 3.74. The van der Waals surface area contributed by atoms with Gasteiger partial charge < -0.3 is 20.7 Å². The van der Waals surface area contributed by atoms with Gasteiger partial charge in [-0.3, -0.25) is 4.57 Å². The Balaban J connectivity index is 2.10. The van der Waals surface area contributed by atoms with Gasteiger partial charge in [-0.05, 0) is 13.8 Å². The number of aliphatic hydroxyl groups is 2. The summed E-state index contributed by atoms with van der Waals surface area (Å²) in [6.07, 6.45) is -2.99. The van der Waals surface area contributed by atoms with Crippen LogP contribution in [0.5, 0.6) is 0 Å². The van der Waals surface area contributed by atoms with Crippen LogP contribution >= 0.6 is 0 Å². The first-order valence-electron chi connectivity index (χ1n) is 6.45. The second-order valence-corrected chi connectivity index (χ2v) is 5.35. The summed E-state index contributed by atoms with van der Waals surface area (Å²) in [5.41, 5.74) is 5.04. The lowest BCUT2D eigenvalue weighted by Gasteiger charge is -2.24. The summed E-state index contributed by atoms with van der Waals surface area (Å²) in [7, 11) is 0. The number of imidazole rings is 1. The number of fused-ring (bicyclic) bond motifs is 1. The summed E-state index contributed by atoms with van der Waals surface area (Å²) in [6.45, 7) is 2.59. The second-order valence-electron chi connectivity index (χ2n) is 5.35. The summed E-state index contributed by atoms with van der Waals surface area (Å²) in [6, 6.07) is 0. The van der Waals surface area contributed by atoms with Crippen LogP contribution in [0.1, 0.15) is 19.0 Å². The molecule has 3 rings (SSSR count). The number of aliphatic hydroxyl groups excluding tert-OH is 2. The molecule has 0 aromatic carbocycles. The van der Waals surface area contributed by atoms with Gasteiger partial charge in [0.05, 0.1) is 12.9 Å². The fraction of sp³-hybridized carbons (Fsp3) is 0.583. The van der Waals surface area contributed by atoms with Crippen LogP contribution in [0, 0.1) is 6.92 Å². The first-order valence-corrected chi connectivity index (χ1v) is 6.45. The van der Waals surface area contributed by atoms with Crippen LogP contribution in [0.2, 0.25) is 0 Å². The Morgan fingerprint density at radius 1 is 1.52 bits per heavy atom. The molecule has 1 saturated heterocycles. The minimum atomic E-state index is -1.73. The second kappa shape index (κ2) is 4.58. The Morgan fingerprint density at radius 2 is 2.24 bits per heavy atom. The van der Waals surface area contributed by atoms with Gasteiger partial charge in [0.1, 0.15) is 23.0 Å². The van der Waals surface area contributed by atoms with Crippen molar-refractivity contribution in [2.45, 2.75) is 38.0 Å². The molecule has 21 heavy (non-hydrogen) atoms. The smallest absolute Gasteiger partial charge is 0.174 e. The minimum Gasteiger partial charge on any atom is -0.393 e. The largest absolute Gasteiger partial charge is 0.393 e. The molecule has 0 spiro atoms. The molecule has 4 N–H and O–H groups in total. The van der Waals surface area contributed by atoms with Gasteiger partial charge in [-0.15, -0.1) is 0 Å². The molecule has 0 unspecified atom stereocenters. The summed E-state index contributed by atoms with van der Waals surface area (Å²) < 4.78 is 21.2. The number of anilines is 1. The number of ether oxygens (including phenoxy) is 1. The predicted octanol–water partition coefficient (Wildman–Crippen LogP) is -0.304. The van der Waals surface area contributed by atoms with Crippen molar-refractivity contribution < 1.29 is 19.3 Å². The van der Waals surface area contributed by atoms with Gasteiger partial charge in [0.15, 0.2) is 23.9 Å². The lowest BCUT2D eigenvalue weighted by Crippen LogP contribution is -2.42. The van der Waals surface area contributed by atoms with E-state index in [0.717, 1.165) is 0 Å². The molecule has 4 atom stereocenters. The van der Waals surface area contributed by atoms with E-state index in [4.69, 9.17) is 10.5 Å². The van der Waals surface area contributed by atoms with Gasteiger partial charge in [0, 0.05) is 0 Å². The molecule has 1 aliphatic heterocycles. The molecular weight excluding hydrogens is 281 g/mol. The first kappa shape index (κ1) is 14.1. The van der Waals surface area contributed by atoms with E-state index in [0.29, 0.717) is 17.0 Å². The molecule has 2 aromatic heterocycles. The molecule has 0 saturated carbocycles.